The number of amides is 1. The molecule has 1 aromatic carbocycles. The van der Waals surface area contributed by atoms with Gasteiger partial charge in [-0.1, -0.05) is 6.42 Å². The lowest BCUT2D eigenvalue weighted by molar-refractivity contribution is -0.148. The van der Waals surface area contributed by atoms with Crippen LogP contribution in [-0.2, 0) is 19.1 Å². The Bertz CT molecular complexity index is 669. The van der Waals surface area contributed by atoms with Crippen molar-refractivity contribution in [1.29, 1.82) is 0 Å². The van der Waals surface area contributed by atoms with Gasteiger partial charge in [-0.05, 0) is 68.2 Å². The van der Waals surface area contributed by atoms with Crippen LogP contribution in [0.4, 0.5) is 5.69 Å². The molecule has 26 heavy (non-hydrogen) atoms. The molecule has 3 rings (SSSR count). The molecule has 6 heteroatoms. The van der Waals surface area contributed by atoms with Gasteiger partial charge in [-0.15, -0.1) is 0 Å². The normalized spacial score (nSPS) is 23.5. The third-order valence-corrected chi connectivity index (χ3v) is 5.36. The predicted octanol–water partition coefficient (Wildman–Crippen LogP) is 3.17. The van der Waals surface area contributed by atoms with Gasteiger partial charge in [0.1, 0.15) is 0 Å². The topological polar surface area (TPSA) is 81.7 Å². The Balaban J connectivity index is 1.39. The van der Waals surface area contributed by atoms with Gasteiger partial charge in [0.05, 0.1) is 12.2 Å². The van der Waals surface area contributed by atoms with E-state index in [2.05, 4.69) is 5.32 Å². The molecule has 6 nitrogen and oxygen atoms in total. The van der Waals surface area contributed by atoms with Crippen LogP contribution in [0.15, 0.2) is 24.3 Å². The van der Waals surface area contributed by atoms with Crippen LogP contribution in [0.5, 0.6) is 0 Å². The van der Waals surface area contributed by atoms with E-state index in [1.165, 1.54) is 19.3 Å². The monoisotopic (exact) mass is 359 g/mol. The highest BCUT2D eigenvalue weighted by atomic mass is 16.5. The average Bonchev–Trinajstić information content (AvgIpc) is 3.24. The Morgan fingerprint density at radius 2 is 1.85 bits per heavy atom. The lowest BCUT2D eigenvalue weighted by Gasteiger charge is -2.20. The summed E-state index contributed by atoms with van der Waals surface area (Å²) >= 11 is 0. The first-order valence-corrected chi connectivity index (χ1v) is 9.27. The van der Waals surface area contributed by atoms with Gasteiger partial charge in [-0.25, -0.2) is 4.79 Å². The third-order valence-electron chi connectivity index (χ3n) is 5.36. The molecule has 0 saturated heterocycles. The minimum atomic E-state index is -0.403. The molecule has 2 aliphatic rings. The van der Waals surface area contributed by atoms with E-state index in [1.54, 1.807) is 31.2 Å². The summed E-state index contributed by atoms with van der Waals surface area (Å²) in [6.45, 7) is 1.76. The fourth-order valence-corrected chi connectivity index (χ4v) is 4.15. The van der Waals surface area contributed by atoms with E-state index in [9.17, 15) is 14.4 Å². The smallest absolute Gasteiger partial charge is 0.338 e. The number of rotatable bonds is 7. The quantitative estimate of drug-likeness (QED) is 0.756. The number of nitrogens with one attached hydrogen (secondary N) is 1. The van der Waals surface area contributed by atoms with Crippen LogP contribution in [0.3, 0.4) is 0 Å². The van der Waals surface area contributed by atoms with E-state index in [1.807, 2.05) is 0 Å². The number of ether oxygens (including phenoxy) is 2. The molecule has 0 spiro atoms. The van der Waals surface area contributed by atoms with Crippen molar-refractivity contribution in [3.05, 3.63) is 29.8 Å². The Morgan fingerprint density at radius 1 is 1.08 bits per heavy atom. The van der Waals surface area contributed by atoms with Crippen molar-refractivity contribution in [2.45, 2.75) is 39.0 Å². The van der Waals surface area contributed by atoms with Crippen LogP contribution in [0.2, 0.25) is 0 Å². The molecule has 1 N–H and O–H groups in total. The molecule has 0 heterocycles. The summed E-state index contributed by atoms with van der Waals surface area (Å²) in [5.41, 5.74) is 0.953. The summed E-state index contributed by atoms with van der Waals surface area (Å²) in [6, 6.07) is 6.38. The first kappa shape index (κ1) is 18.4. The molecule has 1 aromatic rings. The zero-order chi connectivity index (χ0) is 18.5. The molecule has 0 aromatic heterocycles. The highest BCUT2D eigenvalue weighted by Gasteiger charge is 2.40. The van der Waals surface area contributed by atoms with Gasteiger partial charge in [-0.2, -0.15) is 0 Å². The summed E-state index contributed by atoms with van der Waals surface area (Å²) in [5.74, 6) is 0.795. The van der Waals surface area contributed by atoms with Gasteiger partial charge in [0, 0.05) is 12.1 Å². The molecular formula is C20H25NO5. The lowest BCUT2D eigenvalue weighted by atomic mass is 9.86. The number of carbonyl (C=O) groups excluding carboxylic acids is 3. The fraction of sp³-hybridized carbons (Fsp3) is 0.550. The zero-order valence-electron chi connectivity index (χ0n) is 15.0. The molecule has 2 aliphatic carbocycles. The Hall–Kier alpha value is -2.37. The standard InChI is InChI=1S/C20H25NO5/c1-2-25-20(24)14-5-7-17(8-6-14)21-18(22)12-26-19(23)11-16-10-13-3-4-15(16)9-13/h5-8,13,15-16H,2-4,9-12H2,1H3,(H,21,22)/t13-,15-,16-/m1/s1. The van der Waals surface area contributed by atoms with Crippen molar-refractivity contribution in [2.24, 2.45) is 17.8 Å². The van der Waals surface area contributed by atoms with E-state index in [0.29, 0.717) is 36.1 Å². The van der Waals surface area contributed by atoms with E-state index < -0.39 is 11.9 Å². The number of benzene rings is 1. The van der Waals surface area contributed by atoms with Gasteiger partial charge in [0.25, 0.3) is 5.91 Å². The van der Waals surface area contributed by atoms with Gasteiger partial charge < -0.3 is 14.8 Å². The van der Waals surface area contributed by atoms with Crippen LogP contribution in [-0.4, -0.2) is 31.1 Å². The molecule has 0 unspecified atom stereocenters. The molecule has 1 amide bonds. The highest BCUT2D eigenvalue weighted by molar-refractivity contribution is 5.94. The summed E-state index contributed by atoms with van der Waals surface area (Å²) in [4.78, 5) is 35.5. The fourth-order valence-electron chi connectivity index (χ4n) is 4.15. The van der Waals surface area contributed by atoms with Crippen LogP contribution in [0.1, 0.15) is 49.4 Å². The first-order valence-electron chi connectivity index (χ1n) is 9.27. The molecule has 2 bridgehead atoms. The van der Waals surface area contributed by atoms with Crippen LogP contribution >= 0.6 is 0 Å². The van der Waals surface area contributed by atoms with E-state index >= 15 is 0 Å². The van der Waals surface area contributed by atoms with Crippen LogP contribution in [0.25, 0.3) is 0 Å². The molecule has 2 saturated carbocycles. The molecule has 2 fully saturated rings. The average molecular weight is 359 g/mol. The number of fused-ring (bicyclic) bond motifs is 2. The van der Waals surface area contributed by atoms with Crippen molar-refractivity contribution >= 4 is 23.5 Å². The molecule has 3 atom stereocenters. The van der Waals surface area contributed by atoms with Crippen molar-refractivity contribution in [3.63, 3.8) is 0 Å². The van der Waals surface area contributed by atoms with Crippen molar-refractivity contribution < 1.29 is 23.9 Å². The van der Waals surface area contributed by atoms with Crippen LogP contribution < -0.4 is 5.32 Å². The maximum atomic E-state index is 12.0. The van der Waals surface area contributed by atoms with Crippen molar-refractivity contribution in [2.75, 3.05) is 18.5 Å². The van der Waals surface area contributed by atoms with Crippen molar-refractivity contribution in [1.82, 2.24) is 0 Å². The second-order valence-corrected chi connectivity index (χ2v) is 7.15. The summed E-state index contributed by atoms with van der Waals surface area (Å²) in [7, 11) is 0. The van der Waals surface area contributed by atoms with Gasteiger partial charge in [0.15, 0.2) is 6.61 Å². The molecular weight excluding hydrogens is 334 g/mol. The van der Waals surface area contributed by atoms with E-state index in [0.717, 1.165) is 12.3 Å². The summed E-state index contributed by atoms with van der Waals surface area (Å²) < 4.78 is 10.0. The predicted molar refractivity (Wildman–Crippen MR) is 95.5 cm³/mol. The largest absolute Gasteiger partial charge is 0.462 e. The van der Waals surface area contributed by atoms with Gasteiger partial charge in [-0.3, -0.25) is 9.59 Å². The number of esters is 2. The number of hydrogen-bond donors (Lipinski definition) is 1. The minimum Gasteiger partial charge on any atom is -0.462 e. The van der Waals surface area contributed by atoms with Gasteiger partial charge >= 0.3 is 11.9 Å². The number of carbonyl (C=O) groups is 3. The van der Waals surface area contributed by atoms with E-state index in [4.69, 9.17) is 9.47 Å². The third kappa shape index (κ3) is 4.62. The van der Waals surface area contributed by atoms with Crippen LogP contribution in [0, 0.1) is 17.8 Å². The lowest BCUT2D eigenvalue weighted by Crippen LogP contribution is -2.23. The molecule has 0 radical (unpaired) electrons. The highest BCUT2D eigenvalue weighted by Crippen LogP contribution is 2.49. The number of hydrogen-bond acceptors (Lipinski definition) is 5. The van der Waals surface area contributed by atoms with E-state index in [-0.39, 0.29) is 12.6 Å². The molecule has 140 valence electrons. The SMILES string of the molecule is CCOC(=O)c1ccc(NC(=O)COC(=O)C[C@H]2C[C@@H]3CC[C@@H]2C3)cc1. The summed E-state index contributed by atoms with van der Waals surface area (Å²) in [6.07, 6.45) is 5.32. The maximum absolute atomic E-state index is 12.0. The maximum Gasteiger partial charge on any atom is 0.338 e. The summed E-state index contributed by atoms with van der Waals surface area (Å²) in [5, 5.41) is 2.65. The zero-order valence-corrected chi connectivity index (χ0v) is 15.0. The molecule has 0 aliphatic heterocycles. The minimum absolute atomic E-state index is 0.292. The van der Waals surface area contributed by atoms with Crippen molar-refractivity contribution in [3.8, 4) is 0 Å². The Labute approximate surface area is 153 Å². The Kier molecular flexibility index (Phi) is 5.91. The second kappa shape index (κ2) is 8.34. The number of anilines is 1. The van der Waals surface area contributed by atoms with Gasteiger partial charge in [0.2, 0.25) is 0 Å². The first-order chi connectivity index (χ1) is 12.5. The Morgan fingerprint density at radius 3 is 2.46 bits per heavy atom. The second-order valence-electron chi connectivity index (χ2n) is 7.15.